The molecule has 0 atom stereocenters. The van der Waals surface area contributed by atoms with Crippen LogP contribution in [0, 0.1) is 24.0 Å². The maximum absolute atomic E-state index is 12.8. The average molecular weight is 522 g/mol. The maximum atomic E-state index is 12.8. The molecule has 12 heteroatoms. The zero-order chi connectivity index (χ0) is 26.3. The summed E-state index contributed by atoms with van der Waals surface area (Å²) in [5.41, 5.74) is 2.63. The van der Waals surface area contributed by atoms with Crippen molar-refractivity contribution in [1.82, 2.24) is 9.97 Å². The van der Waals surface area contributed by atoms with Crippen LogP contribution < -0.4 is 4.72 Å². The fourth-order valence-corrected chi connectivity index (χ4v) is 5.44. The van der Waals surface area contributed by atoms with Crippen LogP contribution in [-0.2, 0) is 22.9 Å². The second-order valence-electron chi connectivity index (χ2n) is 8.83. The van der Waals surface area contributed by atoms with E-state index >= 15 is 0 Å². The molecule has 2 N–H and O–H groups in total. The third kappa shape index (κ3) is 4.75. The lowest BCUT2D eigenvalue weighted by molar-refractivity contribution is -0.385. The van der Waals surface area contributed by atoms with Gasteiger partial charge in [0.25, 0.3) is 10.0 Å². The summed E-state index contributed by atoms with van der Waals surface area (Å²) in [5, 5.41) is 22.8. The number of phenolic OH excluding ortho intramolecular Hbond substituents is 1. The van der Waals surface area contributed by atoms with E-state index in [1.54, 1.807) is 19.9 Å². The van der Waals surface area contributed by atoms with Crippen LogP contribution in [0.4, 0.5) is 17.3 Å². The van der Waals surface area contributed by atoms with Crippen LogP contribution in [0.25, 0.3) is 11.0 Å². The lowest BCUT2D eigenvalue weighted by Gasteiger charge is -2.10. The Morgan fingerprint density at radius 1 is 1.11 bits per heavy atom. The molecule has 0 bridgehead atoms. The highest BCUT2D eigenvalue weighted by molar-refractivity contribution is 7.92. The first-order valence-electron chi connectivity index (χ1n) is 11.6. The number of fused-ring (bicyclic) bond motifs is 3. The van der Waals surface area contributed by atoms with Crippen molar-refractivity contribution in [2.75, 3.05) is 4.72 Å². The number of hydrogen-bond acceptors (Lipinski definition) is 9. The Hall–Kier alpha value is -4.32. The number of nitrogens with zero attached hydrogens (tertiary/aromatic N) is 4. The van der Waals surface area contributed by atoms with Crippen LogP contribution in [0.5, 0.6) is 5.75 Å². The van der Waals surface area contributed by atoms with Crippen LogP contribution in [0.1, 0.15) is 41.1 Å². The lowest BCUT2D eigenvalue weighted by Crippen LogP contribution is -2.15. The summed E-state index contributed by atoms with van der Waals surface area (Å²) in [4.78, 5) is 23.4. The summed E-state index contributed by atoms with van der Waals surface area (Å²) in [5.74, 6) is 0.256. The quantitative estimate of drug-likeness (QED) is 0.206. The van der Waals surface area contributed by atoms with Gasteiger partial charge in [0, 0.05) is 35.0 Å². The highest BCUT2D eigenvalue weighted by Gasteiger charge is 2.27. The number of aromatic nitrogens is 2. The van der Waals surface area contributed by atoms with Gasteiger partial charge >= 0.3 is 5.69 Å². The van der Waals surface area contributed by atoms with Crippen molar-refractivity contribution in [2.24, 2.45) is 4.99 Å². The monoisotopic (exact) mass is 521 g/mol. The molecule has 0 saturated heterocycles. The number of sulfonamides is 1. The number of anilines is 1. The first-order chi connectivity index (χ1) is 17.6. The van der Waals surface area contributed by atoms with Crippen molar-refractivity contribution in [2.45, 2.75) is 44.4 Å². The Morgan fingerprint density at radius 2 is 1.78 bits per heavy atom. The molecule has 0 radical (unpaired) electrons. The highest BCUT2D eigenvalue weighted by atomic mass is 32.2. The van der Waals surface area contributed by atoms with E-state index in [0.29, 0.717) is 28.0 Å². The van der Waals surface area contributed by atoms with Gasteiger partial charge < -0.3 is 9.52 Å². The Kier molecular flexibility index (Phi) is 6.12. The third-order valence-corrected chi connectivity index (χ3v) is 7.47. The van der Waals surface area contributed by atoms with Gasteiger partial charge in [-0.25, -0.2) is 23.1 Å². The van der Waals surface area contributed by atoms with Crippen LogP contribution in [0.3, 0.4) is 0 Å². The first-order valence-corrected chi connectivity index (χ1v) is 13.0. The average Bonchev–Trinajstić information content (AvgIpc) is 3.21. The molecule has 1 aliphatic carbocycles. The third-order valence-electron chi connectivity index (χ3n) is 6.13. The Morgan fingerprint density at radius 3 is 2.46 bits per heavy atom. The van der Waals surface area contributed by atoms with E-state index in [9.17, 15) is 23.6 Å². The van der Waals surface area contributed by atoms with Crippen molar-refractivity contribution in [3.63, 3.8) is 0 Å². The number of aromatic hydroxyl groups is 1. The Balaban J connectivity index is 1.47. The molecule has 37 heavy (non-hydrogen) atoms. The number of nitro benzene ring substituents is 1. The molecule has 5 rings (SSSR count). The summed E-state index contributed by atoms with van der Waals surface area (Å²) in [6.07, 6.45) is 4.73. The molecular formula is C25H23N5O6S. The minimum absolute atomic E-state index is 0.0151. The summed E-state index contributed by atoms with van der Waals surface area (Å²) in [6.45, 7) is 3.48. The van der Waals surface area contributed by atoms with E-state index in [1.165, 1.54) is 36.5 Å². The summed E-state index contributed by atoms with van der Waals surface area (Å²) in [6, 6.07) is 8.71. The number of hydrogen-bond donors (Lipinski definition) is 2. The van der Waals surface area contributed by atoms with Gasteiger partial charge in [0.05, 0.1) is 27.1 Å². The zero-order valence-electron chi connectivity index (χ0n) is 20.1. The van der Waals surface area contributed by atoms with Gasteiger partial charge in [-0.3, -0.25) is 15.1 Å². The van der Waals surface area contributed by atoms with E-state index in [2.05, 4.69) is 19.7 Å². The van der Waals surface area contributed by atoms with E-state index in [0.717, 1.165) is 37.0 Å². The van der Waals surface area contributed by atoms with Crippen LogP contribution >= 0.6 is 0 Å². The van der Waals surface area contributed by atoms with Crippen molar-refractivity contribution in [3.8, 4) is 5.75 Å². The van der Waals surface area contributed by atoms with Crippen molar-refractivity contribution in [3.05, 3.63) is 74.8 Å². The molecule has 2 aromatic carbocycles. The number of furan rings is 1. The molecule has 2 heterocycles. The molecular weight excluding hydrogens is 498 g/mol. The molecule has 1 aliphatic rings. The number of nitro groups is 1. The second-order valence-corrected chi connectivity index (χ2v) is 10.5. The number of nitrogens with one attached hydrogen (secondary N) is 1. The first kappa shape index (κ1) is 24.4. The molecule has 0 amide bonds. The van der Waals surface area contributed by atoms with Crippen molar-refractivity contribution >= 4 is 44.5 Å². The minimum Gasteiger partial charge on any atom is -0.502 e. The number of aryl methyl sites for hydroxylation is 4. The molecule has 0 spiro atoms. The van der Waals surface area contributed by atoms with Crippen LogP contribution in [0.15, 0.2) is 50.7 Å². The van der Waals surface area contributed by atoms with Gasteiger partial charge in [-0.2, -0.15) is 0 Å². The normalized spacial score (nSPS) is 13.7. The topological polar surface area (TPSA) is 161 Å². The Labute approximate surface area is 212 Å². The fraction of sp³-hybridized carbons (Fsp3) is 0.240. The SMILES string of the molecule is Cc1cc(C)nc(NS(=O)(=O)c2ccc(N=Cc3c(O)c([N+](=O)[O-])cc4oc5c(c34)CCCC5)cc2)n1. The number of aliphatic imine (C=N–C) groups is 1. The van der Waals surface area contributed by atoms with Gasteiger partial charge in [-0.15, -0.1) is 0 Å². The van der Waals surface area contributed by atoms with Crippen molar-refractivity contribution in [1.29, 1.82) is 0 Å². The van der Waals surface area contributed by atoms with Gasteiger partial charge in [-0.05, 0) is 63.4 Å². The maximum Gasteiger partial charge on any atom is 0.315 e. The van der Waals surface area contributed by atoms with E-state index in [-0.39, 0.29) is 16.4 Å². The largest absolute Gasteiger partial charge is 0.502 e. The highest BCUT2D eigenvalue weighted by Crippen LogP contribution is 2.41. The van der Waals surface area contributed by atoms with Gasteiger partial charge in [0.2, 0.25) is 11.7 Å². The van der Waals surface area contributed by atoms with Crippen LogP contribution in [-0.4, -0.2) is 34.6 Å². The number of benzene rings is 2. The zero-order valence-corrected chi connectivity index (χ0v) is 20.9. The molecule has 0 fully saturated rings. The number of rotatable bonds is 6. The minimum atomic E-state index is -3.94. The molecule has 11 nitrogen and oxygen atoms in total. The van der Waals surface area contributed by atoms with Crippen LogP contribution in [0.2, 0.25) is 0 Å². The van der Waals surface area contributed by atoms with E-state index in [1.807, 2.05) is 0 Å². The standard InChI is InChI=1S/C25H23N5O6S/c1-14-11-15(2)28-25(27-14)29-37(34,35)17-9-7-16(8-10-17)26-13-19-23-18-5-3-4-6-21(18)36-22(23)12-20(24(19)31)30(32)33/h7-13,31H,3-6H2,1-2H3,(H,27,28,29). The molecule has 0 saturated carbocycles. The molecule has 4 aromatic rings. The van der Waals surface area contributed by atoms with Crippen molar-refractivity contribution < 1.29 is 22.9 Å². The molecule has 0 aliphatic heterocycles. The van der Waals surface area contributed by atoms with Gasteiger partial charge in [-0.1, -0.05) is 0 Å². The smallest absolute Gasteiger partial charge is 0.315 e. The molecule has 190 valence electrons. The molecule has 0 unspecified atom stereocenters. The number of phenols is 1. The molecule has 2 aromatic heterocycles. The summed E-state index contributed by atoms with van der Waals surface area (Å²) >= 11 is 0. The summed E-state index contributed by atoms with van der Waals surface area (Å²) in [7, 11) is -3.94. The predicted octanol–water partition coefficient (Wildman–Crippen LogP) is 4.88. The van der Waals surface area contributed by atoms with Gasteiger partial charge in [0.1, 0.15) is 11.3 Å². The second kappa shape index (κ2) is 9.28. The predicted molar refractivity (Wildman–Crippen MR) is 137 cm³/mol. The van der Waals surface area contributed by atoms with E-state index in [4.69, 9.17) is 4.42 Å². The fourth-order valence-electron chi connectivity index (χ4n) is 4.50. The Bertz CT molecular complexity index is 1660. The van der Waals surface area contributed by atoms with E-state index < -0.39 is 26.4 Å². The summed E-state index contributed by atoms with van der Waals surface area (Å²) < 4.78 is 33.8. The van der Waals surface area contributed by atoms with Gasteiger partial charge in [0.15, 0.2) is 0 Å². The lowest BCUT2D eigenvalue weighted by atomic mass is 9.93.